The Morgan fingerprint density at radius 1 is 0.224 bits per heavy atom. The van der Waals surface area contributed by atoms with Gasteiger partial charge in [-0.05, 0) is 141 Å². The normalized spacial score (nSPS) is 11.9. The van der Waals surface area contributed by atoms with Gasteiger partial charge < -0.3 is 58.6 Å². The highest BCUT2D eigenvalue weighted by atomic mass is 16.7. The number of unbranched alkanes of at least 4 members (excludes halogenated alkanes) is 41. The summed E-state index contributed by atoms with van der Waals surface area (Å²) in [6.07, 6.45) is 67.2. The van der Waals surface area contributed by atoms with E-state index in [0.29, 0.717) is 63.8 Å². The van der Waals surface area contributed by atoms with Crippen LogP contribution in [0.25, 0.3) is 0 Å². The van der Waals surface area contributed by atoms with Crippen molar-refractivity contribution in [1.29, 1.82) is 0 Å². The number of esters is 2. The third kappa shape index (κ3) is 87.1. The van der Waals surface area contributed by atoms with E-state index in [1.807, 2.05) is 0 Å². The number of carboxylic acids is 4. The number of carbonyl (C=O) groups is 8. The van der Waals surface area contributed by atoms with Crippen LogP contribution in [0.2, 0.25) is 0 Å². The van der Waals surface area contributed by atoms with E-state index in [9.17, 15) is 38.4 Å². The predicted molar refractivity (Wildman–Crippen MR) is 473 cm³/mol. The molecule has 0 saturated carbocycles. The van der Waals surface area contributed by atoms with E-state index in [0.717, 1.165) is 238 Å². The summed E-state index contributed by atoms with van der Waals surface area (Å²) < 4.78 is 33.6. The fourth-order valence-electron chi connectivity index (χ4n) is 15.6. The lowest BCUT2D eigenvalue weighted by molar-refractivity contribution is -0.145. The molecule has 0 spiro atoms. The molecule has 684 valence electrons. The van der Waals surface area contributed by atoms with Crippen LogP contribution < -0.4 is 0 Å². The van der Waals surface area contributed by atoms with E-state index in [2.05, 4.69) is 51.3 Å². The Hall–Kier alpha value is -4.72. The SMILES string of the molecule is CCCCCCCCCCCCC(CCCOC(=O)CCCCC(CCCCCCCCC(=O)O)CCCCCCCCC(=O)O)OC(=O)OCCCN(CC)CC.CCCCCCCCCCCCC(CCOC(=O)CCCCC(CCCCCCCCC(=O)O)CCCCCCCCC(=O)O)OC(=O)OCCCCN(CC)CC. The Morgan fingerprint density at radius 3 is 0.767 bits per heavy atom. The van der Waals surface area contributed by atoms with E-state index < -0.39 is 36.2 Å². The van der Waals surface area contributed by atoms with Crippen molar-refractivity contribution in [2.75, 3.05) is 65.7 Å². The van der Waals surface area contributed by atoms with Crippen molar-refractivity contribution < 1.29 is 87.2 Å². The third-order valence-corrected chi connectivity index (χ3v) is 23.1. The number of hydrogen-bond acceptors (Lipinski definition) is 16. The van der Waals surface area contributed by atoms with Gasteiger partial charge in [-0.3, -0.25) is 28.8 Å². The van der Waals surface area contributed by atoms with Crippen molar-refractivity contribution in [2.45, 2.75) is 490 Å². The van der Waals surface area contributed by atoms with Gasteiger partial charge >= 0.3 is 48.1 Å². The highest BCUT2D eigenvalue weighted by molar-refractivity contribution is 5.70. The number of carbonyl (C=O) groups excluding carboxylic acids is 4. The van der Waals surface area contributed by atoms with Gasteiger partial charge in [-0.25, -0.2) is 9.59 Å². The van der Waals surface area contributed by atoms with Crippen molar-refractivity contribution in [3.63, 3.8) is 0 Å². The zero-order chi connectivity index (χ0) is 85.5. The minimum Gasteiger partial charge on any atom is -0.481 e. The summed E-state index contributed by atoms with van der Waals surface area (Å²) in [5, 5.41) is 35.4. The number of ether oxygens (including phenoxy) is 6. The van der Waals surface area contributed by atoms with E-state index in [4.69, 9.17) is 48.8 Å². The van der Waals surface area contributed by atoms with E-state index >= 15 is 0 Å². The number of hydrogen-bond donors (Lipinski definition) is 4. The molecule has 0 aromatic rings. The summed E-state index contributed by atoms with van der Waals surface area (Å²) in [5.74, 6) is -1.89. The average molecular weight is 1650 g/mol. The largest absolute Gasteiger partial charge is 0.508 e. The molecule has 0 heterocycles. The van der Waals surface area contributed by atoms with Gasteiger partial charge in [0.1, 0.15) is 12.2 Å². The minimum atomic E-state index is -0.712. The highest BCUT2D eigenvalue weighted by Crippen LogP contribution is 2.28. The van der Waals surface area contributed by atoms with Crippen LogP contribution in [-0.2, 0) is 57.2 Å². The van der Waals surface area contributed by atoms with E-state index in [-0.39, 0.29) is 56.4 Å². The lowest BCUT2D eigenvalue weighted by Gasteiger charge is -2.19. The second-order valence-electron chi connectivity index (χ2n) is 33.5. The van der Waals surface area contributed by atoms with Crippen LogP contribution >= 0.6 is 0 Å². The Kier molecular flexibility index (Phi) is 87.5. The maximum atomic E-state index is 12.7. The van der Waals surface area contributed by atoms with Gasteiger partial charge in [0.2, 0.25) is 0 Å². The first kappa shape index (κ1) is 113. The van der Waals surface area contributed by atoms with Crippen LogP contribution in [0, 0.1) is 11.8 Å². The Balaban J connectivity index is 0. The van der Waals surface area contributed by atoms with Gasteiger partial charge in [-0.15, -0.1) is 0 Å². The standard InChI is InChI=1S/2C48H91NO9/c1-4-7-8-9-10-11-12-13-20-25-35-44(58-48(55)57-42-31-40-49(5-2)6-3)36-30-41-56-47(54)39-29-28-34-43(32-23-18-14-16-21-26-37-45(50)51)33-24-19-15-17-22-27-38-46(52)53;1-4-7-8-9-10-11-12-13-20-25-35-44(58-48(55)57-41-31-30-40-49(5-2)6-3)39-42-56-47(54)38-29-28-34-43(32-23-18-14-16-21-26-36-45(50)51)33-24-19-15-17-22-27-37-46(52)53/h2*43-44H,4-42H2,1-3H3,(H,50,51)(H,52,53). The van der Waals surface area contributed by atoms with Crippen LogP contribution in [-0.4, -0.2) is 156 Å². The third-order valence-electron chi connectivity index (χ3n) is 23.1. The molecular weight excluding hydrogens is 1470 g/mol. The lowest BCUT2D eigenvalue weighted by Crippen LogP contribution is -2.26. The molecule has 0 bridgehead atoms. The van der Waals surface area contributed by atoms with Crippen LogP contribution in [0.3, 0.4) is 0 Å². The second-order valence-corrected chi connectivity index (χ2v) is 33.5. The quantitative estimate of drug-likeness (QED) is 0.0250. The van der Waals surface area contributed by atoms with E-state index in [1.54, 1.807) is 0 Å². The molecular formula is C96H182N2O18. The number of aliphatic carboxylic acids is 4. The van der Waals surface area contributed by atoms with Gasteiger partial charge in [0.05, 0.1) is 26.4 Å². The molecule has 0 aliphatic rings. The smallest absolute Gasteiger partial charge is 0.481 e. The first-order chi connectivity index (χ1) is 56.4. The van der Waals surface area contributed by atoms with Crippen LogP contribution in [0.1, 0.15) is 478 Å². The van der Waals surface area contributed by atoms with Crippen molar-refractivity contribution in [1.82, 2.24) is 9.80 Å². The molecule has 4 N–H and O–H groups in total. The van der Waals surface area contributed by atoms with Gasteiger partial charge in [0, 0.05) is 51.5 Å². The van der Waals surface area contributed by atoms with Crippen molar-refractivity contribution in [3.05, 3.63) is 0 Å². The van der Waals surface area contributed by atoms with Crippen LogP contribution in [0.5, 0.6) is 0 Å². The topological polar surface area (TPSA) is 279 Å². The minimum absolute atomic E-state index is 0.151. The lowest BCUT2D eigenvalue weighted by atomic mass is 9.89. The molecule has 2 atom stereocenters. The number of rotatable bonds is 90. The average Bonchev–Trinajstić information content (AvgIpc) is 0.976. The van der Waals surface area contributed by atoms with Crippen molar-refractivity contribution in [3.8, 4) is 0 Å². The molecule has 0 aliphatic carbocycles. The van der Waals surface area contributed by atoms with E-state index in [1.165, 1.54) is 180 Å². The Morgan fingerprint density at radius 2 is 0.457 bits per heavy atom. The summed E-state index contributed by atoms with van der Waals surface area (Å²) in [6.45, 7) is 20.3. The molecule has 0 fully saturated rings. The number of carboxylic acid groups (broad SMARTS) is 4. The molecule has 0 rings (SSSR count). The maximum absolute atomic E-state index is 12.7. The van der Waals surface area contributed by atoms with Crippen molar-refractivity contribution >= 4 is 48.1 Å². The molecule has 0 amide bonds. The molecule has 0 aromatic heterocycles. The monoisotopic (exact) mass is 1650 g/mol. The number of nitrogens with zero attached hydrogens (tertiary/aromatic N) is 2. The summed E-state index contributed by atoms with van der Waals surface area (Å²) in [4.78, 5) is 98.1. The summed E-state index contributed by atoms with van der Waals surface area (Å²) in [5.41, 5.74) is 0. The molecule has 2 unspecified atom stereocenters. The highest BCUT2D eigenvalue weighted by Gasteiger charge is 2.20. The van der Waals surface area contributed by atoms with Gasteiger partial charge in [-0.2, -0.15) is 0 Å². The maximum Gasteiger partial charge on any atom is 0.508 e. The molecule has 0 aliphatic heterocycles. The zero-order valence-corrected chi connectivity index (χ0v) is 75.9. The van der Waals surface area contributed by atoms with Crippen LogP contribution in [0.15, 0.2) is 0 Å². The molecule has 0 saturated heterocycles. The van der Waals surface area contributed by atoms with Gasteiger partial charge in [-0.1, -0.05) is 337 Å². The summed E-state index contributed by atoms with van der Waals surface area (Å²) >= 11 is 0. The molecule has 0 radical (unpaired) electrons. The first-order valence-electron chi connectivity index (χ1n) is 48.7. The molecule has 20 nitrogen and oxygen atoms in total. The zero-order valence-electron chi connectivity index (χ0n) is 75.9. The van der Waals surface area contributed by atoms with Crippen molar-refractivity contribution in [2.24, 2.45) is 11.8 Å². The molecule has 20 heteroatoms. The summed E-state index contributed by atoms with van der Waals surface area (Å²) in [6, 6.07) is 0. The summed E-state index contributed by atoms with van der Waals surface area (Å²) in [7, 11) is 0. The van der Waals surface area contributed by atoms with Gasteiger partial charge in [0.25, 0.3) is 0 Å². The Bertz CT molecular complexity index is 2150. The second kappa shape index (κ2) is 89.5. The van der Waals surface area contributed by atoms with Gasteiger partial charge in [0.15, 0.2) is 0 Å². The predicted octanol–water partition coefficient (Wildman–Crippen LogP) is 26.9. The molecule has 0 aromatic carbocycles. The fraction of sp³-hybridized carbons (Fsp3) is 0.917. The van der Waals surface area contributed by atoms with Crippen LogP contribution in [0.4, 0.5) is 9.59 Å². The fourth-order valence-corrected chi connectivity index (χ4v) is 15.6. The Labute approximate surface area is 709 Å². The first-order valence-corrected chi connectivity index (χ1v) is 48.7. The molecule has 116 heavy (non-hydrogen) atoms.